The largest absolute Gasteiger partial charge is 0.310 e. The first-order chi connectivity index (χ1) is 32.1. The van der Waals surface area contributed by atoms with Crippen LogP contribution in [0.15, 0.2) is 255 Å². The summed E-state index contributed by atoms with van der Waals surface area (Å²) in [5.74, 6) is 0. The van der Waals surface area contributed by atoms with Crippen LogP contribution in [0.25, 0.3) is 77.2 Å². The van der Waals surface area contributed by atoms with Crippen LogP contribution in [0.5, 0.6) is 0 Å². The molecular weight excluding hydrogens is 783 g/mol. The van der Waals surface area contributed by atoms with Crippen LogP contribution < -0.4 is 4.90 Å². The van der Waals surface area contributed by atoms with Gasteiger partial charge in [0.05, 0.1) is 5.69 Å². The number of hydrogen-bond acceptors (Lipinski definition) is 1. The van der Waals surface area contributed by atoms with E-state index in [0.717, 1.165) is 17.1 Å². The maximum atomic E-state index is 2.46. The predicted octanol–water partition coefficient (Wildman–Crippen LogP) is 17.5. The van der Waals surface area contributed by atoms with E-state index in [1.54, 1.807) is 0 Å². The first-order valence-corrected chi connectivity index (χ1v) is 22.6. The summed E-state index contributed by atoms with van der Waals surface area (Å²) in [6.07, 6.45) is 0. The molecule has 0 aromatic heterocycles. The molecule has 1 nitrogen and oxygen atoms in total. The molecule has 0 spiro atoms. The smallest absolute Gasteiger partial charge is 0.0543 e. The van der Waals surface area contributed by atoms with Crippen LogP contribution in [-0.2, 0) is 5.41 Å². The van der Waals surface area contributed by atoms with Crippen LogP contribution in [0, 0.1) is 0 Å². The minimum Gasteiger partial charge on any atom is -0.310 e. The molecule has 0 saturated heterocycles. The van der Waals surface area contributed by atoms with E-state index >= 15 is 0 Å². The second-order valence-corrected chi connectivity index (χ2v) is 17.4. The van der Waals surface area contributed by atoms with Gasteiger partial charge in [-0.3, -0.25) is 0 Å². The summed E-state index contributed by atoms with van der Waals surface area (Å²) < 4.78 is 0. The third-order valence-corrected chi connectivity index (χ3v) is 13.8. The molecule has 1 unspecified atom stereocenters. The summed E-state index contributed by atoms with van der Waals surface area (Å²) >= 11 is 0. The highest BCUT2D eigenvalue weighted by Gasteiger charge is 2.42. The van der Waals surface area contributed by atoms with Crippen molar-refractivity contribution in [3.63, 3.8) is 0 Å². The molecule has 0 fully saturated rings. The highest BCUT2D eigenvalue weighted by molar-refractivity contribution is 5.98. The predicted molar refractivity (Wildman–Crippen MR) is 275 cm³/mol. The van der Waals surface area contributed by atoms with Gasteiger partial charge in [0.15, 0.2) is 0 Å². The summed E-state index contributed by atoms with van der Waals surface area (Å²) in [5, 5.41) is 5.04. The Morgan fingerprint density at radius 2 is 0.831 bits per heavy atom. The normalized spacial score (nSPS) is 14.0. The third-order valence-electron chi connectivity index (χ3n) is 13.8. The average molecular weight is 828 g/mol. The molecule has 0 bridgehead atoms. The van der Waals surface area contributed by atoms with Gasteiger partial charge in [0, 0.05) is 22.4 Å². The van der Waals surface area contributed by atoms with Crippen molar-refractivity contribution < 1.29 is 0 Å². The molecule has 0 heterocycles. The maximum absolute atomic E-state index is 2.46. The van der Waals surface area contributed by atoms with Crippen LogP contribution >= 0.6 is 0 Å². The van der Waals surface area contributed by atoms with E-state index in [2.05, 4.69) is 267 Å². The van der Waals surface area contributed by atoms with Crippen molar-refractivity contribution >= 4 is 38.6 Å². The van der Waals surface area contributed by atoms with Gasteiger partial charge in [-0.25, -0.2) is 0 Å². The minimum atomic E-state index is -0.314. The molecule has 0 saturated carbocycles. The number of nitrogens with zero attached hydrogens (tertiary/aromatic N) is 1. The maximum Gasteiger partial charge on any atom is 0.0543 e. The van der Waals surface area contributed by atoms with Crippen molar-refractivity contribution in [1.29, 1.82) is 0 Å². The first-order valence-electron chi connectivity index (χ1n) is 22.6. The third kappa shape index (κ3) is 6.64. The fraction of sp³-hybridized carbons (Fsp3) is 0.0312. The lowest BCUT2D eigenvalue weighted by atomic mass is 9.74. The Morgan fingerprint density at radius 1 is 0.308 bits per heavy atom. The number of benzene rings is 11. The Kier molecular flexibility index (Phi) is 9.35. The van der Waals surface area contributed by atoms with E-state index < -0.39 is 0 Å². The van der Waals surface area contributed by atoms with Crippen LogP contribution in [-0.4, -0.2) is 0 Å². The van der Waals surface area contributed by atoms with Gasteiger partial charge >= 0.3 is 0 Å². The monoisotopic (exact) mass is 827 g/mol. The fourth-order valence-electron chi connectivity index (χ4n) is 10.4. The van der Waals surface area contributed by atoms with Gasteiger partial charge in [0.2, 0.25) is 0 Å². The summed E-state index contributed by atoms with van der Waals surface area (Å²) in [6.45, 7) is 2.39. The number of hydrogen-bond donors (Lipinski definition) is 0. The molecule has 0 aliphatic heterocycles. The Labute approximate surface area is 381 Å². The average Bonchev–Trinajstić information content (AvgIpc) is 3.65. The van der Waals surface area contributed by atoms with E-state index in [1.807, 2.05) is 0 Å². The van der Waals surface area contributed by atoms with Crippen LogP contribution in [0.3, 0.4) is 0 Å². The molecule has 0 radical (unpaired) electrons. The van der Waals surface area contributed by atoms with E-state index in [1.165, 1.54) is 93.9 Å². The van der Waals surface area contributed by atoms with Crippen molar-refractivity contribution in [3.05, 3.63) is 271 Å². The molecule has 12 rings (SSSR count). The zero-order valence-electron chi connectivity index (χ0n) is 36.2. The van der Waals surface area contributed by atoms with Gasteiger partial charge in [-0.15, -0.1) is 0 Å². The van der Waals surface area contributed by atoms with Crippen LogP contribution in [0.1, 0.15) is 23.6 Å². The highest BCUT2D eigenvalue weighted by atomic mass is 15.1. The van der Waals surface area contributed by atoms with Crippen LogP contribution in [0.4, 0.5) is 17.1 Å². The Balaban J connectivity index is 0.958. The van der Waals surface area contributed by atoms with Crippen molar-refractivity contribution in [2.45, 2.75) is 12.3 Å². The van der Waals surface area contributed by atoms with Crippen molar-refractivity contribution in [1.82, 2.24) is 0 Å². The minimum absolute atomic E-state index is 0.314. The van der Waals surface area contributed by atoms with Crippen LogP contribution in [0.2, 0.25) is 0 Å². The molecular formula is C64H45N. The Bertz CT molecular complexity index is 3530. The van der Waals surface area contributed by atoms with Gasteiger partial charge in [-0.05, 0) is 132 Å². The van der Waals surface area contributed by atoms with Gasteiger partial charge in [0.1, 0.15) is 0 Å². The van der Waals surface area contributed by atoms with E-state index in [9.17, 15) is 0 Å². The molecule has 11 aromatic rings. The van der Waals surface area contributed by atoms with Gasteiger partial charge < -0.3 is 4.90 Å². The Morgan fingerprint density at radius 3 is 1.60 bits per heavy atom. The lowest BCUT2D eigenvalue weighted by molar-refractivity contribution is 0.714. The zero-order chi connectivity index (χ0) is 43.3. The molecule has 65 heavy (non-hydrogen) atoms. The second-order valence-electron chi connectivity index (χ2n) is 17.4. The zero-order valence-corrected chi connectivity index (χ0v) is 36.2. The van der Waals surface area contributed by atoms with Gasteiger partial charge in [-0.2, -0.15) is 0 Å². The number of rotatable bonds is 8. The van der Waals surface area contributed by atoms with E-state index in [-0.39, 0.29) is 5.41 Å². The van der Waals surface area contributed by atoms with Crippen molar-refractivity contribution in [2.24, 2.45) is 0 Å². The number of fused-ring (bicyclic) bond motifs is 5. The molecule has 11 aromatic carbocycles. The second kappa shape index (κ2) is 15.8. The standard InChI is InChI=1S/C64H45N/c1-64(54-19-3-2-4-20-54)60-25-10-9-23-59(60)63-61(64)26-13-27-62(63)65(55-40-38-46(39-41-55)45-32-35-50(36-33-45)58-24-12-17-49-15-7-8-22-57(49)58)56-21-11-18-52(43-56)47-28-30-48(31-29-47)53-37-34-44-14-5-6-16-51(44)42-53/h2-43H,1H3. The number of anilines is 3. The Hall–Kier alpha value is -8.26. The lowest BCUT2D eigenvalue weighted by Gasteiger charge is -2.31. The summed E-state index contributed by atoms with van der Waals surface area (Å²) in [7, 11) is 0. The van der Waals surface area contributed by atoms with E-state index in [4.69, 9.17) is 0 Å². The van der Waals surface area contributed by atoms with Gasteiger partial charge in [-0.1, -0.05) is 218 Å². The molecule has 0 amide bonds. The molecule has 1 heteroatoms. The van der Waals surface area contributed by atoms with E-state index in [0.29, 0.717) is 0 Å². The lowest BCUT2D eigenvalue weighted by Crippen LogP contribution is -2.22. The topological polar surface area (TPSA) is 3.24 Å². The molecule has 1 aliphatic carbocycles. The quantitative estimate of drug-likeness (QED) is 0.147. The molecule has 306 valence electrons. The molecule has 0 N–H and O–H groups in total. The van der Waals surface area contributed by atoms with Crippen molar-refractivity contribution in [3.8, 4) is 55.6 Å². The summed E-state index contributed by atoms with van der Waals surface area (Å²) in [6, 6.07) is 93.5. The summed E-state index contributed by atoms with van der Waals surface area (Å²) in [5.41, 5.74) is 19.2. The van der Waals surface area contributed by atoms with Crippen molar-refractivity contribution in [2.75, 3.05) is 4.90 Å². The summed E-state index contributed by atoms with van der Waals surface area (Å²) in [4.78, 5) is 2.46. The SMILES string of the molecule is CC1(c2ccccc2)c2ccccc2-c2c(N(c3ccc(-c4ccc(-c5cccc6ccccc56)cc4)cc3)c3cccc(-c4ccc(-c5ccc6ccccc6c5)cc4)c3)cccc21. The highest BCUT2D eigenvalue weighted by Crippen LogP contribution is 2.56. The first kappa shape index (κ1) is 38.4. The molecule has 1 atom stereocenters. The molecule has 1 aliphatic rings. The van der Waals surface area contributed by atoms with Gasteiger partial charge in [0.25, 0.3) is 0 Å². The fourth-order valence-corrected chi connectivity index (χ4v) is 10.4.